The van der Waals surface area contributed by atoms with Gasteiger partial charge in [-0.3, -0.25) is 0 Å². The number of rotatable bonds is 36. The molecule has 0 amide bonds. The lowest BCUT2D eigenvalue weighted by atomic mass is 10.1. The summed E-state index contributed by atoms with van der Waals surface area (Å²) in [6, 6.07) is 0. The predicted molar refractivity (Wildman–Crippen MR) is 230 cm³/mol. The van der Waals surface area contributed by atoms with E-state index in [9.17, 15) is 0 Å². The van der Waals surface area contributed by atoms with Crippen molar-refractivity contribution in [3.05, 3.63) is 0 Å². The standard InChI is InChI=1S/C15H32.C13H28.C11H24.C9H20/c1-3-5-7-9-11-13-15-14-12-10-8-6-4-2;1-3-5-7-9-11-13-12-10-8-6-4-2;1-3-5-7-9-11-10-8-6-4-2;1-3-5-7-9-8-6-4-2/h3-15H2,1-2H3;3-13H2,1-2H3;3-11H2,1-2H3;3-9H2,1-2H3. The quantitative estimate of drug-likeness (QED) is 0.0578. The van der Waals surface area contributed by atoms with Gasteiger partial charge < -0.3 is 0 Å². The molecule has 0 heteroatoms. The fourth-order valence-corrected chi connectivity index (χ4v) is 6.24. The molecular formula is C48H104. The Morgan fingerprint density at radius 3 is 0.229 bits per heavy atom. The molecule has 0 aliphatic heterocycles. The fraction of sp³-hybridized carbons (Fsp3) is 1.00. The second-order valence-electron chi connectivity index (χ2n) is 15.3. The Hall–Kier alpha value is 0. The molecule has 0 bridgehead atoms. The van der Waals surface area contributed by atoms with Gasteiger partial charge in [-0.15, -0.1) is 0 Å². The summed E-state index contributed by atoms with van der Waals surface area (Å²) in [6.45, 7) is 18.2. The van der Waals surface area contributed by atoms with E-state index in [4.69, 9.17) is 0 Å². The van der Waals surface area contributed by atoms with Crippen LogP contribution in [0.5, 0.6) is 0 Å². The lowest BCUT2D eigenvalue weighted by Crippen LogP contribution is -1.82. The lowest BCUT2D eigenvalue weighted by molar-refractivity contribution is 0.542. The summed E-state index contributed by atoms with van der Waals surface area (Å²) in [5, 5.41) is 0. The second kappa shape index (κ2) is 62.2. The van der Waals surface area contributed by atoms with Crippen LogP contribution in [0.2, 0.25) is 0 Å². The topological polar surface area (TPSA) is 0 Å². The van der Waals surface area contributed by atoms with Crippen molar-refractivity contribution in [3.63, 3.8) is 0 Å². The van der Waals surface area contributed by atoms with Crippen LogP contribution in [0.4, 0.5) is 0 Å². The molecule has 0 heterocycles. The van der Waals surface area contributed by atoms with Crippen LogP contribution in [0.3, 0.4) is 0 Å². The normalized spacial score (nSPS) is 10.5. The zero-order valence-corrected chi connectivity index (χ0v) is 36.3. The zero-order chi connectivity index (χ0) is 36.3. The van der Waals surface area contributed by atoms with Crippen LogP contribution in [0.25, 0.3) is 0 Å². The molecule has 0 N–H and O–H groups in total. The van der Waals surface area contributed by atoms with Crippen molar-refractivity contribution < 1.29 is 0 Å². The van der Waals surface area contributed by atoms with Crippen LogP contribution in [0.15, 0.2) is 0 Å². The van der Waals surface area contributed by atoms with Crippen molar-refractivity contribution in [2.45, 2.75) is 312 Å². The highest BCUT2D eigenvalue weighted by atomic mass is 14.0. The molecule has 0 aliphatic carbocycles. The summed E-state index contributed by atoms with van der Waals surface area (Å²) in [7, 11) is 0. The summed E-state index contributed by atoms with van der Waals surface area (Å²) in [6.07, 6.45) is 57.8. The maximum absolute atomic E-state index is 2.29. The smallest absolute Gasteiger partial charge is 0.0533 e. The minimum atomic E-state index is 1.37. The average molecular weight is 681 g/mol. The van der Waals surface area contributed by atoms with Gasteiger partial charge in [0.1, 0.15) is 0 Å². The van der Waals surface area contributed by atoms with Crippen LogP contribution < -0.4 is 0 Å². The molecule has 0 fully saturated rings. The molecule has 0 atom stereocenters. The Labute approximate surface area is 311 Å². The Bertz CT molecular complexity index is 390. The van der Waals surface area contributed by atoms with Crippen LogP contribution in [-0.4, -0.2) is 0 Å². The average Bonchev–Trinajstić information content (AvgIpc) is 3.10. The fourth-order valence-electron chi connectivity index (χ4n) is 6.24. The number of unbranched alkanes of at least 4 members (excludes halogenated alkanes) is 36. The molecule has 0 aromatic heterocycles. The van der Waals surface area contributed by atoms with Gasteiger partial charge in [0.2, 0.25) is 0 Å². The first-order valence-electron chi connectivity index (χ1n) is 23.7. The van der Waals surface area contributed by atoms with Crippen LogP contribution in [-0.2, 0) is 0 Å². The van der Waals surface area contributed by atoms with Gasteiger partial charge in [0.05, 0.1) is 0 Å². The van der Waals surface area contributed by atoms with E-state index in [0.717, 1.165) is 0 Å². The largest absolute Gasteiger partial charge is 0.0654 e. The number of hydrogen-bond donors (Lipinski definition) is 0. The van der Waals surface area contributed by atoms with Gasteiger partial charge in [0.25, 0.3) is 0 Å². The van der Waals surface area contributed by atoms with Crippen molar-refractivity contribution in [2.75, 3.05) is 0 Å². The van der Waals surface area contributed by atoms with E-state index in [2.05, 4.69) is 55.4 Å². The minimum absolute atomic E-state index is 1.37. The van der Waals surface area contributed by atoms with E-state index in [1.54, 1.807) is 0 Å². The third-order valence-corrected chi connectivity index (χ3v) is 9.83. The molecule has 0 aromatic rings. The molecule has 0 aliphatic rings. The maximum Gasteiger partial charge on any atom is -0.0533 e. The van der Waals surface area contributed by atoms with Gasteiger partial charge in [-0.2, -0.15) is 0 Å². The molecule has 0 rings (SSSR count). The van der Waals surface area contributed by atoms with Crippen LogP contribution >= 0.6 is 0 Å². The third-order valence-electron chi connectivity index (χ3n) is 9.83. The SMILES string of the molecule is CCCCCCCCC.CCCCCCCCCCC.CCCCCCCCCCCCC.CCCCCCCCCCCCCCC. The Kier molecular flexibility index (Phi) is 70.9. The predicted octanol–water partition coefficient (Wildman–Crippen LogP) is 19.7. The summed E-state index contributed by atoms with van der Waals surface area (Å²) >= 11 is 0. The maximum atomic E-state index is 2.29. The van der Waals surface area contributed by atoms with E-state index < -0.39 is 0 Å². The summed E-state index contributed by atoms with van der Waals surface area (Å²) < 4.78 is 0. The highest BCUT2D eigenvalue weighted by molar-refractivity contribution is 4.49. The summed E-state index contributed by atoms with van der Waals surface area (Å²) in [5.74, 6) is 0. The molecule has 0 radical (unpaired) electrons. The Morgan fingerprint density at radius 1 is 0.104 bits per heavy atom. The molecule has 0 saturated heterocycles. The van der Waals surface area contributed by atoms with Crippen molar-refractivity contribution >= 4 is 0 Å². The molecule has 48 heavy (non-hydrogen) atoms. The van der Waals surface area contributed by atoms with Crippen molar-refractivity contribution in [1.82, 2.24) is 0 Å². The van der Waals surface area contributed by atoms with E-state index >= 15 is 0 Å². The molecule has 0 saturated carbocycles. The van der Waals surface area contributed by atoms with E-state index in [-0.39, 0.29) is 0 Å². The van der Waals surface area contributed by atoms with Gasteiger partial charge in [-0.25, -0.2) is 0 Å². The van der Waals surface area contributed by atoms with Gasteiger partial charge in [0.15, 0.2) is 0 Å². The molecule has 0 aromatic carbocycles. The third kappa shape index (κ3) is 71.9. The van der Waals surface area contributed by atoms with Gasteiger partial charge in [-0.05, 0) is 0 Å². The molecular weight excluding hydrogens is 577 g/mol. The van der Waals surface area contributed by atoms with Crippen molar-refractivity contribution in [2.24, 2.45) is 0 Å². The Morgan fingerprint density at radius 2 is 0.167 bits per heavy atom. The van der Waals surface area contributed by atoms with Crippen molar-refractivity contribution in [1.29, 1.82) is 0 Å². The number of hydrogen-bond acceptors (Lipinski definition) is 0. The molecule has 0 unspecified atom stereocenters. The van der Waals surface area contributed by atoms with Gasteiger partial charge in [0, 0.05) is 0 Å². The molecule has 296 valence electrons. The zero-order valence-electron chi connectivity index (χ0n) is 36.3. The van der Waals surface area contributed by atoms with Gasteiger partial charge >= 0.3 is 0 Å². The first-order valence-corrected chi connectivity index (χ1v) is 23.7. The molecule has 0 spiro atoms. The van der Waals surface area contributed by atoms with Crippen LogP contribution in [0, 0.1) is 0 Å². The van der Waals surface area contributed by atoms with Crippen LogP contribution in [0.1, 0.15) is 312 Å². The first kappa shape index (κ1) is 54.8. The summed E-state index contributed by atoms with van der Waals surface area (Å²) in [4.78, 5) is 0. The highest BCUT2D eigenvalue weighted by Crippen LogP contribution is 2.13. The molecule has 0 nitrogen and oxygen atoms in total. The van der Waals surface area contributed by atoms with Crippen molar-refractivity contribution in [3.8, 4) is 0 Å². The van der Waals surface area contributed by atoms with E-state index in [1.165, 1.54) is 257 Å². The second-order valence-corrected chi connectivity index (χ2v) is 15.3. The van der Waals surface area contributed by atoms with E-state index in [1.807, 2.05) is 0 Å². The first-order chi connectivity index (χ1) is 23.7. The highest BCUT2D eigenvalue weighted by Gasteiger charge is 1.93. The Balaban J connectivity index is -0.000000273. The van der Waals surface area contributed by atoms with Gasteiger partial charge in [-0.1, -0.05) is 312 Å². The minimum Gasteiger partial charge on any atom is -0.0654 e. The summed E-state index contributed by atoms with van der Waals surface area (Å²) in [5.41, 5.74) is 0. The van der Waals surface area contributed by atoms with E-state index in [0.29, 0.717) is 0 Å². The lowest BCUT2D eigenvalue weighted by Gasteiger charge is -2.01. The monoisotopic (exact) mass is 681 g/mol.